The summed E-state index contributed by atoms with van der Waals surface area (Å²) in [5.74, 6) is 0.953. The van der Waals surface area contributed by atoms with E-state index >= 15 is 0 Å². The summed E-state index contributed by atoms with van der Waals surface area (Å²) in [5.41, 5.74) is 0. The van der Waals surface area contributed by atoms with Crippen LogP contribution in [0.25, 0.3) is 0 Å². The topological polar surface area (TPSA) is 12.0 Å². The second kappa shape index (κ2) is 7.20. The van der Waals surface area contributed by atoms with E-state index in [0.717, 1.165) is 12.0 Å². The van der Waals surface area contributed by atoms with Crippen LogP contribution < -0.4 is 5.32 Å². The van der Waals surface area contributed by atoms with Crippen molar-refractivity contribution in [2.75, 3.05) is 0 Å². The molecule has 98 valence electrons. The molecule has 0 heterocycles. The Kier molecular flexibility index (Phi) is 5.57. The second-order valence-electron chi connectivity index (χ2n) is 6.15. The van der Waals surface area contributed by atoms with Gasteiger partial charge in [0.05, 0.1) is 0 Å². The molecule has 1 fully saturated rings. The zero-order valence-electron chi connectivity index (χ0n) is 11.5. The number of hydrogen-bond acceptors (Lipinski definition) is 1. The fourth-order valence-corrected chi connectivity index (χ4v) is 3.26. The van der Waals surface area contributed by atoms with E-state index in [1.54, 1.807) is 0 Å². The van der Waals surface area contributed by atoms with E-state index in [2.05, 4.69) is 24.4 Å². The molecule has 1 N–H and O–H groups in total. The van der Waals surface area contributed by atoms with E-state index in [1.807, 2.05) is 0 Å². The molecule has 3 unspecified atom stereocenters. The average molecular weight is 235 g/mol. The molecule has 2 rings (SSSR count). The number of rotatable bonds is 2. The van der Waals surface area contributed by atoms with Crippen molar-refractivity contribution in [2.24, 2.45) is 5.92 Å². The van der Waals surface area contributed by atoms with Gasteiger partial charge in [0.2, 0.25) is 0 Å². The van der Waals surface area contributed by atoms with Crippen molar-refractivity contribution in [3.05, 3.63) is 12.2 Å². The lowest BCUT2D eigenvalue weighted by atomic mass is 10.00. The molecule has 0 aromatic rings. The lowest BCUT2D eigenvalue weighted by molar-refractivity contribution is 0.398. The lowest BCUT2D eigenvalue weighted by Crippen LogP contribution is -2.37. The van der Waals surface area contributed by atoms with Gasteiger partial charge in [-0.2, -0.15) is 0 Å². The van der Waals surface area contributed by atoms with Gasteiger partial charge in [-0.25, -0.2) is 0 Å². The Labute approximate surface area is 107 Å². The molecule has 0 aromatic heterocycles. The number of hydrogen-bond donors (Lipinski definition) is 1. The molecule has 1 nitrogen and oxygen atoms in total. The van der Waals surface area contributed by atoms with Gasteiger partial charge < -0.3 is 5.32 Å². The Bertz CT molecular complexity index is 234. The van der Waals surface area contributed by atoms with Crippen LogP contribution in [0.1, 0.15) is 71.1 Å². The summed E-state index contributed by atoms with van der Waals surface area (Å²) >= 11 is 0. The summed E-state index contributed by atoms with van der Waals surface area (Å²) in [6.45, 7) is 2.41. The van der Waals surface area contributed by atoms with E-state index in [4.69, 9.17) is 0 Å². The largest absolute Gasteiger partial charge is 0.308 e. The predicted octanol–water partition coefficient (Wildman–Crippen LogP) is 4.43. The molecule has 2 aliphatic rings. The normalized spacial score (nSPS) is 37.8. The maximum atomic E-state index is 3.90. The van der Waals surface area contributed by atoms with E-state index in [9.17, 15) is 0 Å². The van der Waals surface area contributed by atoms with Gasteiger partial charge >= 0.3 is 0 Å². The van der Waals surface area contributed by atoms with Crippen molar-refractivity contribution in [2.45, 2.75) is 83.2 Å². The highest BCUT2D eigenvalue weighted by atomic mass is 14.9. The summed E-state index contributed by atoms with van der Waals surface area (Å²) < 4.78 is 0. The zero-order chi connectivity index (χ0) is 11.9. The molecule has 0 amide bonds. The summed E-state index contributed by atoms with van der Waals surface area (Å²) in [4.78, 5) is 0. The van der Waals surface area contributed by atoms with Crippen LogP contribution in [0.5, 0.6) is 0 Å². The van der Waals surface area contributed by atoms with Gasteiger partial charge in [0.1, 0.15) is 0 Å². The molecule has 2 aliphatic carbocycles. The fourth-order valence-electron chi connectivity index (χ4n) is 3.26. The summed E-state index contributed by atoms with van der Waals surface area (Å²) in [7, 11) is 0. The molecule has 17 heavy (non-hydrogen) atoms. The van der Waals surface area contributed by atoms with Crippen LogP contribution in [-0.4, -0.2) is 12.1 Å². The maximum Gasteiger partial charge on any atom is 0.0252 e. The van der Waals surface area contributed by atoms with Crippen LogP contribution in [0.2, 0.25) is 0 Å². The van der Waals surface area contributed by atoms with Gasteiger partial charge in [-0.15, -0.1) is 0 Å². The van der Waals surface area contributed by atoms with Gasteiger partial charge in [0.15, 0.2) is 0 Å². The SMILES string of the molecule is CC1CCCC(NC2/C=C/CCCCC2)CC1. The minimum absolute atomic E-state index is 0.661. The molecule has 1 heteroatoms. The van der Waals surface area contributed by atoms with Crippen molar-refractivity contribution < 1.29 is 0 Å². The van der Waals surface area contributed by atoms with E-state index in [-0.39, 0.29) is 0 Å². The van der Waals surface area contributed by atoms with Crippen LogP contribution in [0.15, 0.2) is 12.2 Å². The van der Waals surface area contributed by atoms with E-state index in [0.29, 0.717) is 6.04 Å². The van der Waals surface area contributed by atoms with Gasteiger partial charge in [-0.3, -0.25) is 0 Å². The van der Waals surface area contributed by atoms with Gasteiger partial charge in [0, 0.05) is 12.1 Å². The first-order valence-electron chi connectivity index (χ1n) is 7.77. The smallest absolute Gasteiger partial charge is 0.0252 e. The molecule has 0 bridgehead atoms. The van der Waals surface area contributed by atoms with Crippen molar-refractivity contribution in [3.63, 3.8) is 0 Å². The first-order valence-corrected chi connectivity index (χ1v) is 7.77. The number of nitrogens with one attached hydrogen (secondary N) is 1. The third-order valence-corrected chi connectivity index (χ3v) is 4.46. The summed E-state index contributed by atoms with van der Waals surface area (Å²) in [6.07, 6.45) is 18.8. The minimum atomic E-state index is 0.661. The highest BCUT2D eigenvalue weighted by Gasteiger charge is 2.18. The molecule has 3 atom stereocenters. The Morgan fingerprint density at radius 2 is 1.82 bits per heavy atom. The third kappa shape index (κ3) is 4.83. The molecule has 0 saturated heterocycles. The monoisotopic (exact) mass is 235 g/mol. The molecular weight excluding hydrogens is 206 g/mol. The molecule has 0 aliphatic heterocycles. The van der Waals surface area contributed by atoms with Crippen LogP contribution in [0.4, 0.5) is 0 Å². The zero-order valence-corrected chi connectivity index (χ0v) is 11.5. The second-order valence-corrected chi connectivity index (χ2v) is 6.15. The van der Waals surface area contributed by atoms with Crippen LogP contribution >= 0.6 is 0 Å². The van der Waals surface area contributed by atoms with E-state index < -0.39 is 0 Å². The van der Waals surface area contributed by atoms with Crippen LogP contribution in [0.3, 0.4) is 0 Å². The van der Waals surface area contributed by atoms with Crippen molar-refractivity contribution >= 4 is 0 Å². The highest BCUT2D eigenvalue weighted by molar-refractivity contribution is 4.96. The van der Waals surface area contributed by atoms with Crippen LogP contribution in [-0.2, 0) is 0 Å². The van der Waals surface area contributed by atoms with Gasteiger partial charge in [-0.05, 0) is 44.4 Å². The van der Waals surface area contributed by atoms with Crippen LogP contribution in [0, 0.1) is 5.92 Å². The quantitative estimate of drug-likeness (QED) is 0.551. The van der Waals surface area contributed by atoms with Crippen molar-refractivity contribution in [3.8, 4) is 0 Å². The van der Waals surface area contributed by atoms with Gasteiger partial charge in [0.25, 0.3) is 0 Å². The maximum absolute atomic E-state index is 3.90. The van der Waals surface area contributed by atoms with Gasteiger partial charge in [-0.1, -0.05) is 44.8 Å². The van der Waals surface area contributed by atoms with Crippen molar-refractivity contribution in [1.29, 1.82) is 0 Å². The Morgan fingerprint density at radius 1 is 0.882 bits per heavy atom. The average Bonchev–Trinajstić information content (AvgIpc) is 2.47. The Hall–Kier alpha value is -0.300. The van der Waals surface area contributed by atoms with E-state index in [1.165, 1.54) is 64.2 Å². The minimum Gasteiger partial charge on any atom is -0.308 e. The Balaban J connectivity index is 1.79. The summed E-state index contributed by atoms with van der Waals surface area (Å²) in [6, 6.07) is 1.45. The molecule has 0 radical (unpaired) electrons. The predicted molar refractivity (Wildman–Crippen MR) is 75.2 cm³/mol. The highest BCUT2D eigenvalue weighted by Crippen LogP contribution is 2.23. The molecular formula is C16H29N. The first-order chi connectivity index (χ1) is 8.34. The molecule has 0 spiro atoms. The first kappa shape index (κ1) is 13.1. The van der Waals surface area contributed by atoms with Crippen molar-refractivity contribution in [1.82, 2.24) is 5.32 Å². The molecule has 0 aromatic carbocycles. The molecule has 1 saturated carbocycles. The summed E-state index contributed by atoms with van der Waals surface area (Å²) in [5, 5.41) is 3.90. The third-order valence-electron chi connectivity index (χ3n) is 4.46. The standard InChI is InChI=1S/C16H29N/c1-14-8-7-11-16(13-12-14)17-15-9-5-3-2-4-6-10-15/h5,9,14-17H,2-4,6-8,10-13H2,1H3/b9-5+. The Morgan fingerprint density at radius 3 is 2.76 bits per heavy atom. The lowest BCUT2D eigenvalue weighted by Gasteiger charge is -2.24. The fraction of sp³-hybridized carbons (Fsp3) is 0.875. The number of allylic oxidation sites excluding steroid dienone is 1.